The van der Waals surface area contributed by atoms with E-state index in [0.717, 1.165) is 23.3 Å². The van der Waals surface area contributed by atoms with Crippen molar-refractivity contribution in [3.63, 3.8) is 0 Å². The van der Waals surface area contributed by atoms with Crippen LogP contribution in [-0.2, 0) is 0 Å². The highest BCUT2D eigenvalue weighted by atomic mass is 32.2. The van der Waals surface area contributed by atoms with Gasteiger partial charge < -0.3 is 5.32 Å². The van der Waals surface area contributed by atoms with Gasteiger partial charge in [-0.3, -0.25) is 0 Å². The second-order valence-corrected chi connectivity index (χ2v) is 7.29. The molecule has 2 heteroatoms. The fourth-order valence-electron chi connectivity index (χ4n) is 3.55. The molecule has 0 radical (unpaired) electrons. The van der Waals surface area contributed by atoms with Gasteiger partial charge in [0.05, 0.1) is 0 Å². The summed E-state index contributed by atoms with van der Waals surface area (Å²) >= 11 is 2.06. The highest BCUT2D eigenvalue weighted by molar-refractivity contribution is 7.99. The minimum absolute atomic E-state index is 0.779. The van der Waals surface area contributed by atoms with Gasteiger partial charge in [0.25, 0.3) is 0 Å². The zero-order valence-corrected chi connectivity index (χ0v) is 12.7. The molecule has 0 spiro atoms. The average molecular weight is 275 g/mol. The molecule has 1 aromatic carbocycles. The van der Waals surface area contributed by atoms with Crippen molar-refractivity contribution in [3.8, 4) is 0 Å². The van der Waals surface area contributed by atoms with Crippen LogP contribution < -0.4 is 5.32 Å². The first-order valence-electron chi connectivity index (χ1n) is 7.69. The van der Waals surface area contributed by atoms with E-state index in [9.17, 15) is 0 Å². The highest BCUT2D eigenvalue weighted by Gasteiger charge is 2.32. The molecule has 0 atom stereocenters. The minimum atomic E-state index is 0.779. The van der Waals surface area contributed by atoms with Gasteiger partial charge in [-0.1, -0.05) is 30.3 Å². The van der Waals surface area contributed by atoms with Crippen LogP contribution >= 0.6 is 11.8 Å². The van der Waals surface area contributed by atoms with Crippen LogP contribution in [0.4, 0.5) is 0 Å². The molecular formula is C17H25NS. The van der Waals surface area contributed by atoms with Gasteiger partial charge >= 0.3 is 0 Å². The molecular weight excluding hydrogens is 250 g/mol. The van der Waals surface area contributed by atoms with Crippen molar-refractivity contribution in [1.82, 2.24) is 5.32 Å². The lowest BCUT2D eigenvalue weighted by Gasteiger charge is -2.40. The van der Waals surface area contributed by atoms with E-state index in [1.54, 1.807) is 0 Å². The fourth-order valence-corrected chi connectivity index (χ4v) is 4.29. The molecule has 1 aromatic rings. The highest BCUT2D eigenvalue weighted by Crippen LogP contribution is 2.38. The molecule has 1 nitrogen and oxygen atoms in total. The van der Waals surface area contributed by atoms with Crippen LogP contribution in [0.1, 0.15) is 50.0 Å². The summed E-state index contributed by atoms with van der Waals surface area (Å²) < 4.78 is 0. The molecule has 0 saturated heterocycles. The quantitative estimate of drug-likeness (QED) is 0.884. The lowest BCUT2D eigenvalue weighted by molar-refractivity contribution is 0.240. The van der Waals surface area contributed by atoms with Crippen LogP contribution in [0.5, 0.6) is 0 Å². The number of hydrogen-bond acceptors (Lipinski definition) is 2. The van der Waals surface area contributed by atoms with Crippen molar-refractivity contribution in [2.24, 2.45) is 0 Å². The predicted molar refractivity (Wildman–Crippen MR) is 84.9 cm³/mol. The summed E-state index contributed by atoms with van der Waals surface area (Å²) in [5, 5.41) is 4.82. The standard InChI is InChI=1S/C17H25NS/c1-19-17-9-7-15(8-10-17)18-16-11-14(12-16)13-5-3-2-4-6-13/h2-6,14-18H,7-12H2,1H3. The van der Waals surface area contributed by atoms with Crippen LogP contribution in [0.15, 0.2) is 30.3 Å². The molecule has 0 bridgehead atoms. The molecule has 0 unspecified atom stereocenters. The van der Waals surface area contributed by atoms with E-state index in [1.165, 1.54) is 44.1 Å². The van der Waals surface area contributed by atoms with Gasteiger partial charge in [-0.15, -0.1) is 0 Å². The number of benzene rings is 1. The first-order chi connectivity index (χ1) is 9.35. The third-order valence-electron chi connectivity index (χ3n) is 4.89. The number of thioether (sulfide) groups is 1. The maximum atomic E-state index is 3.89. The van der Waals surface area contributed by atoms with Crippen molar-refractivity contribution in [2.75, 3.05) is 6.26 Å². The van der Waals surface area contributed by atoms with E-state index >= 15 is 0 Å². The molecule has 0 aromatic heterocycles. The summed E-state index contributed by atoms with van der Waals surface area (Å²) in [4.78, 5) is 0. The third kappa shape index (κ3) is 3.35. The van der Waals surface area contributed by atoms with E-state index in [2.05, 4.69) is 53.7 Å². The van der Waals surface area contributed by atoms with Gasteiger partial charge in [-0.05, 0) is 56.3 Å². The Balaban J connectivity index is 1.40. The Morgan fingerprint density at radius 2 is 1.63 bits per heavy atom. The van der Waals surface area contributed by atoms with Crippen molar-refractivity contribution in [2.45, 2.75) is 61.8 Å². The van der Waals surface area contributed by atoms with Gasteiger partial charge in [0.1, 0.15) is 0 Å². The smallest absolute Gasteiger partial charge is 0.00813 e. The second kappa shape index (κ2) is 6.32. The summed E-state index contributed by atoms with van der Waals surface area (Å²) in [7, 11) is 0. The van der Waals surface area contributed by atoms with E-state index < -0.39 is 0 Å². The van der Waals surface area contributed by atoms with Crippen molar-refractivity contribution in [3.05, 3.63) is 35.9 Å². The fraction of sp³-hybridized carbons (Fsp3) is 0.647. The van der Waals surface area contributed by atoms with Crippen LogP contribution in [0.25, 0.3) is 0 Å². The van der Waals surface area contributed by atoms with E-state index in [0.29, 0.717) is 0 Å². The Bertz CT molecular complexity index is 378. The number of rotatable bonds is 4. The Morgan fingerprint density at radius 3 is 2.26 bits per heavy atom. The van der Waals surface area contributed by atoms with Crippen LogP contribution in [0.3, 0.4) is 0 Å². The maximum absolute atomic E-state index is 3.89. The van der Waals surface area contributed by atoms with Crippen molar-refractivity contribution in [1.29, 1.82) is 0 Å². The summed E-state index contributed by atoms with van der Waals surface area (Å²) in [6.07, 6.45) is 10.5. The van der Waals surface area contributed by atoms with Crippen molar-refractivity contribution < 1.29 is 0 Å². The Labute approximate surface area is 121 Å². The van der Waals surface area contributed by atoms with E-state index in [-0.39, 0.29) is 0 Å². The topological polar surface area (TPSA) is 12.0 Å². The molecule has 0 amide bonds. The summed E-state index contributed by atoms with van der Waals surface area (Å²) in [6.45, 7) is 0. The monoisotopic (exact) mass is 275 g/mol. The number of nitrogens with one attached hydrogen (secondary N) is 1. The molecule has 0 aliphatic heterocycles. The number of hydrogen-bond donors (Lipinski definition) is 1. The van der Waals surface area contributed by atoms with E-state index in [4.69, 9.17) is 0 Å². The molecule has 2 saturated carbocycles. The molecule has 2 aliphatic carbocycles. The summed E-state index contributed by atoms with van der Waals surface area (Å²) in [5.74, 6) is 0.807. The normalized spacial score (nSPS) is 34.8. The zero-order chi connectivity index (χ0) is 13.1. The van der Waals surface area contributed by atoms with E-state index in [1.807, 2.05) is 0 Å². The molecule has 3 rings (SSSR count). The minimum Gasteiger partial charge on any atom is -0.311 e. The summed E-state index contributed by atoms with van der Waals surface area (Å²) in [6, 6.07) is 12.6. The van der Waals surface area contributed by atoms with Crippen LogP contribution in [-0.4, -0.2) is 23.6 Å². The third-order valence-corrected chi connectivity index (χ3v) is 6.03. The first kappa shape index (κ1) is 13.5. The Hall–Kier alpha value is -0.470. The molecule has 2 fully saturated rings. The largest absolute Gasteiger partial charge is 0.311 e. The Kier molecular flexibility index (Phi) is 4.49. The average Bonchev–Trinajstić information content (AvgIpc) is 2.44. The van der Waals surface area contributed by atoms with Gasteiger partial charge in [0.15, 0.2) is 0 Å². The lowest BCUT2D eigenvalue weighted by atomic mass is 9.75. The van der Waals surface area contributed by atoms with Crippen LogP contribution in [0, 0.1) is 0 Å². The van der Waals surface area contributed by atoms with Crippen molar-refractivity contribution >= 4 is 11.8 Å². The van der Waals surface area contributed by atoms with Gasteiger partial charge in [-0.2, -0.15) is 11.8 Å². The SMILES string of the molecule is CSC1CCC(NC2CC(c3ccccc3)C2)CC1. The van der Waals surface area contributed by atoms with Crippen LogP contribution in [0.2, 0.25) is 0 Å². The molecule has 19 heavy (non-hydrogen) atoms. The lowest BCUT2D eigenvalue weighted by Crippen LogP contribution is -2.46. The van der Waals surface area contributed by atoms with Gasteiger partial charge in [0, 0.05) is 17.3 Å². The molecule has 2 aliphatic rings. The zero-order valence-electron chi connectivity index (χ0n) is 11.8. The summed E-state index contributed by atoms with van der Waals surface area (Å²) in [5.41, 5.74) is 1.53. The first-order valence-corrected chi connectivity index (χ1v) is 8.97. The Morgan fingerprint density at radius 1 is 0.947 bits per heavy atom. The van der Waals surface area contributed by atoms with Gasteiger partial charge in [-0.25, -0.2) is 0 Å². The molecule has 0 heterocycles. The predicted octanol–water partition coefficient (Wildman–Crippen LogP) is 4.20. The van der Waals surface area contributed by atoms with Gasteiger partial charge in [0.2, 0.25) is 0 Å². The maximum Gasteiger partial charge on any atom is 0.00813 e. The molecule has 104 valence electrons. The second-order valence-electron chi connectivity index (χ2n) is 6.15. The molecule has 1 N–H and O–H groups in total.